The molecule has 1 amide bonds. The average Bonchev–Trinajstić information content (AvgIpc) is 2.79. The van der Waals surface area contributed by atoms with E-state index in [0.29, 0.717) is 5.91 Å². The van der Waals surface area contributed by atoms with Gasteiger partial charge >= 0.3 is 0 Å². The van der Waals surface area contributed by atoms with Crippen molar-refractivity contribution in [2.45, 2.75) is 12.8 Å². The molecule has 7 nitrogen and oxygen atoms in total. The summed E-state index contributed by atoms with van der Waals surface area (Å²) in [6.45, 7) is 5.08. The van der Waals surface area contributed by atoms with Gasteiger partial charge in [-0.1, -0.05) is 0 Å². The summed E-state index contributed by atoms with van der Waals surface area (Å²) in [5.74, 6) is 2.17. The molecular weight excluding hydrogens is 366 g/mol. The third-order valence-electron chi connectivity index (χ3n) is 5.93. The summed E-state index contributed by atoms with van der Waals surface area (Å²) >= 11 is 0. The number of likely N-dealkylation sites (tertiary alicyclic amines) is 1. The van der Waals surface area contributed by atoms with Crippen LogP contribution in [-0.2, 0) is 4.79 Å². The molecule has 0 N–H and O–H groups in total. The third-order valence-corrected chi connectivity index (χ3v) is 5.93. The molecule has 0 spiro atoms. The van der Waals surface area contributed by atoms with Crippen LogP contribution in [0.5, 0.6) is 5.75 Å². The Kier molecular flexibility index (Phi) is 5.94. The van der Waals surface area contributed by atoms with Gasteiger partial charge in [-0.25, -0.2) is 0 Å². The van der Waals surface area contributed by atoms with Crippen LogP contribution in [0.2, 0.25) is 0 Å². The SMILES string of the molecule is COc1ccc(-c2ccc(N3CCN(C(=O)C4CCCN(C)C4)CC3)nn2)cc1. The minimum Gasteiger partial charge on any atom is -0.497 e. The first-order chi connectivity index (χ1) is 14.1. The number of aromatic nitrogens is 2. The van der Waals surface area contributed by atoms with E-state index in [1.165, 1.54) is 0 Å². The summed E-state index contributed by atoms with van der Waals surface area (Å²) in [6, 6.07) is 11.8. The molecule has 4 rings (SSSR count). The topological polar surface area (TPSA) is 61.8 Å². The van der Waals surface area contributed by atoms with Gasteiger partial charge in [0, 0.05) is 38.3 Å². The molecule has 0 radical (unpaired) electrons. The van der Waals surface area contributed by atoms with Crippen LogP contribution in [0.1, 0.15) is 12.8 Å². The fourth-order valence-electron chi connectivity index (χ4n) is 4.19. The van der Waals surface area contributed by atoms with Gasteiger partial charge < -0.3 is 19.4 Å². The highest BCUT2D eigenvalue weighted by Gasteiger charge is 2.30. The van der Waals surface area contributed by atoms with Crippen LogP contribution in [0.3, 0.4) is 0 Å². The predicted molar refractivity (Wildman–Crippen MR) is 113 cm³/mol. The number of hydrogen-bond donors (Lipinski definition) is 0. The number of carbonyl (C=O) groups is 1. The van der Waals surface area contributed by atoms with Gasteiger partial charge in [0.2, 0.25) is 5.91 Å². The van der Waals surface area contributed by atoms with Crippen molar-refractivity contribution in [3.63, 3.8) is 0 Å². The van der Waals surface area contributed by atoms with Crippen LogP contribution >= 0.6 is 0 Å². The van der Waals surface area contributed by atoms with Gasteiger partial charge in [-0.15, -0.1) is 10.2 Å². The summed E-state index contributed by atoms with van der Waals surface area (Å²) in [4.78, 5) is 19.3. The predicted octanol–water partition coefficient (Wildman–Crippen LogP) is 2.14. The van der Waals surface area contributed by atoms with Gasteiger partial charge in [-0.3, -0.25) is 4.79 Å². The molecule has 1 unspecified atom stereocenters. The Balaban J connectivity index is 1.34. The summed E-state index contributed by atoms with van der Waals surface area (Å²) in [6.07, 6.45) is 2.13. The van der Waals surface area contributed by atoms with E-state index in [-0.39, 0.29) is 5.92 Å². The smallest absolute Gasteiger partial charge is 0.227 e. The lowest BCUT2D eigenvalue weighted by Gasteiger charge is -2.38. The van der Waals surface area contributed by atoms with Crippen LogP contribution in [0, 0.1) is 5.92 Å². The molecular formula is C22H29N5O2. The van der Waals surface area contributed by atoms with Crippen LogP contribution in [0.25, 0.3) is 11.3 Å². The molecule has 0 saturated carbocycles. The number of piperazine rings is 1. The number of rotatable bonds is 4. The summed E-state index contributed by atoms with van der Waals surface area (Å²) < 4.78 is 5.20. The quantitative estimate of drug-likeness (QED) is 0.791. The number of anilines is 1. The Bertz CT molecular complexity index is 816. The maximum absolute atomic E-state index is 12.8. The van der Waals surface area contributed by atoms with Crippen molar-refractivity contribution in [3.05, 3.63) is 36.4 Å². The molecule has 1 atom stereocenters. The molecule has 7 heteroatoms. The molecule has 2 aliphatic heterocycles. The van der Waals surface area contributed by atoms with Crippen LogP contribution < -0.4 is 9.64 Å². The zero-order valence-corrected chi connectivity index (χ0v) is 17.3. The van der Waals surface area contributed by atoms with E-state index in [1.54, 1.807) is 7.11 Å². The van der Waals surface area contributed by atoms with Crippen LogP contribution in [0.15, 0.2) is 36.4 Å². The number of methoxy groups -OCH3 is 1. The van der Waals surface area contributed by atoms with Crippen molar-refractivity contribution in [2.24, 2.45) is 5.92 Å². The second-order valence-electron chi connectivity index (χ2n) is 7.92. The van der Waals surface area contributed by atoms with Crippen molar-refractivity contribution in [3.8, 4) is 17.0 Å². The van der Waals surface area contributed by atoms with Gasteiger partial charge in [0.1, 0.15) is 5.75 Å². The van der Waals surface area contributed by atoms with Crippen molar-refractivity contribution in [1.82, 2.24) is 20.0 Å². The molecule has 29 heavy (non-hydrogen) atoms. The summed E-state index contributed by atoms with van der Waals surface area (Å²) in [5.41, 5.74) is 1.85. The Morgan fingerprint density at radius 3 is 2.38 bits per heavy atom. The van der Waals surface area contributed by atoms with E-state index in [9.17, 15) is 4.79 Å². The van der Waals surface area contributed by atoms with E-state index in [0.717, 1.165) is 74.9 Å². The van der Waals surface area contributed by atoms with Gasteiger partial charge in [-0.05, 0) is 62.8 Å². The summed E-state index contributed by atoms with van der Waals surface area (Å²) in [7, 11) is 3.76. The van der Waals surface area contributed by atoms with E-state index < -0.39 is 0 Å². The highest BCUT2D eigenvalue weighted by molar-refractivity contribution is 5.79. The summed E-state index contributed by atoms with van der Waals surface area (Å²) in [5, 5.41) is 8.82. The zero-order chi connectivity index (χ0) is 20.2. The van der Waals surface area contributed by atoms with Crippen molar-refractivity contribution < 1.29 is 9.53 Å². The highest BCUT2D eigenvalue weighted by atomic mass is 16.5. The van der Waals surface area contributed by atoms with Crippen LogP contribution in [-0.4, -0.2) is 79.3 Å². The molecule has 1 aromatic heterocycles. The molecule has 0 bridgehead atoms. The van der Waals surface area contributed by atoms with Gasteiger partial charge in [0.15, 0.2) is 5.82 Å². The Labute approximate surface area is 172 Å². The fraction of sp³-hybridized carbons (Fsp3) is 0.500. The Morgan fingerprint density at radius 2 is 1.76 bits per heavy atom. The third kappa shape index (κ3) is 4.50. The first-order valence-corrected chi connectivity index (χ1v) is 10.3. The molecule has 2 fully saturated rings. The number of ether oxygens (including phenoxy) is 1. The monoisotopic (exact) mass is 395 g/mol. The highest BCUT2D eigenvalue weighted by Crippen LogP contribution is 2.23. The standard InChI is InChI=1S/C22H29N5O2/c1-25-11-3-4-18(16-25)22(28)27-14-12-26(13-15-27)21-10-9-20(23-24-21)17-5-7-19(29-2)8-6-17/h5-10,18H,3-4,11-16H2,1-2H3. The Morgan fingerprint density at radius 1 is 1.00 bits per heavy atom. The molecule has 154 valence electrons. The minimum atomic E-state index is 0.156. The zero-order valence-electron chi connectivity index (χ0n) is 17.3. The van der Waals surface area contributed by atoms with E-state index in [1.807, 2.05) is 41.3 Å². The second-order valence-corrected chi connectivity index (χ2v) is 7.92. The second kappa shape index (κ2) is 8.78. The molecule has 2 saturated heterocycles. The van der Waals surface area contributed by atoms with Gasteiger partial charge in [0.05, 0.1) is 18.7 Å². The van der Waals surface area contributed by atoms with Crippen molar-refractivity contribution in [1.29, 1.82) is 0 Å². The molecule has 0 aliphatic carbocycles. The number of amides is 1. The van der Waals surface area contributed by atoms with E-state index in [2.05, 4.69) is 27.0 Å². The maximum atomic E-state index is 12.8. The lowest BCUT2D eigenvalue weighted by atomic mass is 9.96. The van der Waals surface area contributed by atoms with Gasteiger partial charge in [-0.2, -0.15) is 0 Å². The normalized spacial score (nSPS) is 20.6. The van der Waals surface area contributed by atoms with Crippen molar-refractivity contribution in [2.75, 3.05) is 58.3 Å². The van der Waals surface area contributed by atoms with E-state index in [4.69, 9.17) is 4.74 Å². The lowest BCUT2D eigenvalue weighted by molar-refractivity contribution is -0.137. The van der Waals surface area contributed by atoms with Crippen LogP contribution in [0.4, 0.5) is 5.82 Å². The number of carbonyl (C=O) groups excluding carboxylic acids is 1. The number of hydrogen-bond acceptors (Lipinski definition) is 6. The fourth-order valence-corrected chi connectivity index (χ4v) is 4.19. The van der Waals surface area contributed by atoms with Crippen molar-refractivity contribution >= 4 is 11.7 Å². The number of nitrogens with zero attached hydrogens (tertiary/aromatic N) is 5. The molecule has 3 heterocycles. The molecule has 2 aromatic rings. The lowest BCUT2D eigenvalue weighted by Crippen LogP contribution is -2.52. The molecule has 2 aliphatic rings. The first kappa shape index (κ1) is 19.6. The maximum Gasteiger partial charge on any atom is 0.227 e. The largest absolute Gasteiger partial charge is 0.497 e. The molecule has 1 aromatic carbocycles. The number of piperidine rings is 1. The Hall–Kier alpha value is -2.67. The first-order valence-electron chi connectivity index (χ1n) is 10.3. The van der Waals surface area contributed by atoms with Gasteiger partial charge in [0.25, 0.3) is 0 Å². The average molecular weight is 396 g/mol. The minimum absolute atomic E-state index is 0.156. The van der Waals surface area contributed by atoms with E-state index >= 15 is 0 Å². The number of benzene rings is 1.